The lowest BCUT2D eigenvalue weighted by Gasteiger charge is -2.13. The van der Waals surface area contributed by atoms with Crippen molar-refractivity contribution in [1.82, 2.24) is 0 Å². The second kappa shape index (κ2) is 5.91. The van der Waals surface area contributed by atoms with Gasteiger partial charge in [-0.05, 0) is 43.5 Å². The molecule has 2 aromatic rings. The molecule has 104 valence electrons. The third kappa shape index (κ3) is 3.27. The van der Waals surface area contributed by atoms with Gasteiger partial charge in [0.15, 0.2) is 0 Å². The predicted molar refractivity (Wildman–Crippen MR) is 81.4 cm³/mol. The fraction of sp³-hybridized carbons (Fsp3) is 0.278. The summed E-state index contributed by atoms with van der Waals surface area (Å²) in [7, 11) is 0. The maximum absolute atomic E-state index is 12.2. The molecule has 0 saturated heterocycles. The summed E-state index contributed by atoms with van der Waals surface area (Å²) in [6.45, 7) is 8.22. The second-order valence-electron chi connectivity index (χ2n) is 5.45. The first-order valence-corrected chi connectivity index (χ1v) is 6.87. The van der Waals surface area contributed by atoms with Crippen LogP contribution in [0, 0.1) is 13.8 Å². The van der Waals surface area contributed by atoms with E-state index in [2.05, 4.69) is 19.9 Å². The van der Waals surface area contributed by atoms with Crippen molar-refractivity contribution in [3.05, 3.63) is 64.7 Å². The Bertz CT molecular complexity index is 610. The number of hydrogen-bond acceptors (Lipinski definition) is 2. The van der Waals surface area contributed by atoms with Crippen molar-refractivity contribution in [1.29, 1.82) is 0 Å². The molecule has 0 aromatic heterocycles. The Morgan fingerprint density at radius 3 is 2.15 bits per heavy atom. The molecule has 0 saturated carbocycles. The SMILES string of the molecule is Cc1ccc(C(=O)Oc2ccc(C)cc2C(C)C)cc1. The molecule has 2 heteroatoms. The Morgan fingerprint density at radius 2 is 1.55 bits per heavy atom. The summed E-state index contributed by atoms with van der Waals surface area (Å²) in [6, 6.07) is 13.3. The molecule has 0 spiro atoms. The predicted octanol–water partition coefficient (Wildman–Crippen LogP) is 4.65. The number of rotatable bonds is 3. The van der Waals surface area contributed by atoms with Gasteiger partial charge in [-0.25, -0.2) is 4.79 Å². The lowest BCUT2D eigenvalue weighted by Crippen LogP contribution is -2.10. The zero-order valence-electron chi connectivity index (χ0n) is 12.4. The largest absolute Gasteiger partial charge is 0.423 e. The van der Waals surface area contributed by atoms with Crippen LogP contribution in [0.5, 0.6) is 5.75 Å². The molecular formula is C18H20O2. The van der Waals surface area contributed by atoms with Crippen LogP contribution < -0.4 is 4.74 Å². The van der Waals surface area contributed by atoms with E-state index in [9.17, 15) is 4.79 Å². The third-order valence-corrected chi connectivity index (χ3v) is 3.28. The Balaban J connectivity index is 2.25. The minimum absolute atomic E-state index is 0.309. The highest BCUT2D eigenvalue weighted by Crippen LogP contribution is 2.28. The van der Waals surface area contributed by atoms with Crippen LogP contribution in [0.1, 0.15) is 46.8 Å². The summed E-state index contributed by atoms with van der Waals surface area (Å²) >= 11 is 0. The van der Waals surface area contributed by atoms with Crippen molar-refractivity contribution < 1.29 is 9.53 Å². The monoisotopic (exact) mass is 268 g/mol. The summed E-state index contributed by atoms with van der Waals surface area (Å²) in [5.74, 6) is 0.655. The molecule has 0 N–H and O–H groups in total. The van der Waals surface area contributed by atoms with E-state index in [1.807, 2.05) is 38.1 Å². The number of aryl methyl sites for hydroxylation is 2. The van der Waals surface area contributed by atoms with Crippen LogP contribution in [-0.2, 0) is 0 Å². The summed E-state index contributed by atoms with van der Waals surface area (Å²) < 4.78 is 5.55. The molecule has 0 aliphatic rings. The first-order chi connectivity index (χ1) is 9.47. The zero-order chi connectivity index (χ0) is 14.7. The van der Waals surface area contributed by atoms with Crippen LogP contribution >= 0.6 is 0 Å². The van der Waals surface area contributed by atoms with Gasteiger partial charge in [0.25, 0.3) is 0 Å². The molecule has 2 aromatic carbocycles. The molecule has 20 heavy (non-hydrogen) atoms. The molecule has 0 fully saturated rings. The zero-order valence-corrected chi connectivity index (χ0v) is 12.4. The van der Waals surface area contributed by atoms with Crippen molar-refractivity contribution in [2.45, 2.75) is 33.6 Å². The van der Waals surface area contributed by atoms with E-state index in [0.29, 0.717) is 17.2 Å². The van der Waals surface area contributed by atoms with E-state index in [4.69, 9.17) is 4.74 Å². The Hall–Kier alpha value is -2.09. The van der Waals surface area contributed by atoms with Crippen molar-refractivity contribution in [2.24, 2.45) is 0 Å². The van der Waals surface area contributed by atoms with E-state index < -0.39 is 0 Å². The maximum atomic E-state index is 12.2. The smallest absolute Gasteiger partial charge is 0.343 e. The first-order valence-electron chi connectivity index (χ1n) is 6.87. The molecule has 2 rings (SSSR count). The number of carbonyl (C=O) groups is 1. The summed E-state index contributed by atoms with van der Waals surface area (Å²) in [6.07, 6.45) is 0. The summed E-state index contributed by atoms with van der Waals surface area (Å²) in [5.41, 5.74) is 3.93. The van der Waals surface area contributed by atoms with Crippen LogP contribution in [0.2, 0.25) is 0 Å². The Labute approximate surface area is 120 Å². The van der Waals surface area contributed by atoms with E-state index >= 15 is 0 Å². The highest BCUT2D eigenvalue weighted by molar-refractivity contribution is 5.91. The lowest BCUT2D eigenvalue weighted by atomic mass is 10.00. The van der Waals surface area contributed by atoms with Gasteiger partial charge in [0.2, 0.25) is 0 Å². The van der Waals surface area contributed by atoms with Gasteiger partial charge in [0.1, 0.15) is 5.75 Å². The van der Waals surface area contributed by atoms with Crippen LogP contribution in [0.4, 0.5) is 0 Å². The minimum atomic E-state index is -0.309. The normalized spacial score (nSPS) is 10.7. The average Bonchev–Trinajstić information content (AvgIpc) is 2.41. The van der Waals surface area contributed by atoms with E-state index in [1.165, 1.54) is 5.56 Å². The van der Waals surface area contributed by atoms with E-state index in [0.717, 1.165) is 11.1 Å². The summed E-state index contributed by atoms with van der Waals surface area (Å²) in [4.78, 5) is 12.2. The van der Waals surface area contributed by atoms with Gasteiger partial charge in [-0.15, -0.1) is 0 Å². The number of benzene rings is 2. The Kier molecular flexibility index (Phi) is 4.23. The summed E-state index contributed by atoms with van der Waals surface area (Å²) in [5, 5.41) is 0. The molecule has 0 bridgehead atoms. The van der Waals surface area contributed by atoms with Crippen LogP contribution in [0.3, 0.4) is 0 Å². The van der Waals surface area contributed by atoms with Gasteiger partial charge in [-0.1, -0.05) is 49.2 Å². The number of hydrogen-bond donors (Lipinski definition) is 0. The lowest BCUT2D eigenvalue weighted by molar-refractivity contribution is 0.0733. The quantitative estimate of drug-likeness (QED) is 0.598. The van der Waals surface area contributed by atoms with Crippen molar-refractivity contribution in [3.63, 3.8) is 0 Å². The average molecular weight is 268 g/mol. The molecule has 0 radical (unpaired) electrons. The van der Waals surface area contributed by atoms with Crippen molar-refractivity contribution in [3.8, 4) is 5.75 Å². The molecule has 2 nitrogen and oxygen atoms in total. The Morgan fingerprint density at radius 1 is 0.950 bits per heavy atom. The molecule has 0 aliphatic carbocycles. The third-order valence-electron chi connectivity index (χ3n) is 3.28. The van der Waals surface area contributed by atoms with E-state index in [1.54, 1.807) is 12.1 Å². The van der Waals surface area contributed by atoms with Gasteiger partial charge in [0.05, 0.1) is 5.56 Å². The number of esters is 1. The fourth-order valence-corrected chi connectivity index (χ4v) is 2.06. The maximum Gasteiger partial charge on any atom is 0.343 e. The molecule has 0 amide bonds. The highest BCUT2D eigenvalue weighted by Gasteiger charge is 2.13. The molecule has 0 heterocycles. The van der Waals surface area contributed by atoms with E-state index in [-0.39, 0.29) is 5.97 Å². The van der Waals surface area contributed by atoms with Crippen LogP contribution in [-0.4, -0.2) is 5.97 Å². The van der Waals surface area contributed by atoms with Gasteiger partial charge in [-0.3, -0.25) is 0 Å². The second-order valence-corrected chi connectivity index (χ2v) is 5.45. The number of carbonyl (C=O) groups excluding carboxylic acids is 1. The van der Waals surface area contributed by atoms with Crippen LogP contribution in [0.25, 0.3) is 0 Å². The van der Waals surface area contributed by atoms with Gasteiger partial charge in [-0.2, -0.15) is 0 Å². The van der Waals surface area contributed by atoms with Crippen molar-refractivity contribution in [2.75, 3.05) is 0 Å². The highest BCUT2D eigenvalue weighted by atomic mass is 16.5. The topological polar surface area (TPSA) is 26.3 Å². The molecular weight excluding hydrogens is 248 g/mol. The van der Waals surface area contributed by atoms with Gasteiger partial charge in [0, 0.05) is 0 Å². The minimum Gasteiger partial charge on any atom is -0.423 e. The van der Waals surface area contributed by atoms with Crippen LogP contribution in [0.15, 0.2) is 42.5 Å². The fourth-order valence-electron chi connectivity index (χ4n) is 2.06. The van der Waals surface area contributed by atoms with Gasteiger partial charge < -0.3 is 4.74 Å². The van der Waals surface area contributed by atoms with Gasteiger partial charge >= 0.3 is 5.97 Å². The molecule has 0 aliphatic heterocycles. The number of ether oxygens (including phenoxy) is 1. The molecule has 0 atom stereocenters. The van der Waals surface area contributed by atoms with Crippen molar-refractivity contribution >= 4 is 5.97 Å². The standard InChI is InChI=1S/C18H20O2/c1-12(2)16-11-14(4)7-10-17(16)20-18(19)15-8-5-13(3)6-9-15/h5-12H,1-4H3. The molecule has 0 unspecified atom stereocenters. The first kappa shape index (κ1) is 14.3.